The highest BCUT2D eigenvalue weighted by molar-refractivity contribution is 7.89. The van der Waals surface area contributed by atoms with Crippen LogP contribution in [0.4, 0.5) is 5.69 Å². The molecule has 0 aliphatic carbocycles. The summed E-state index contributed by atoms with van der Waals surface area (Å²) in [5, 5.41) is 10.9. The highest BCUT2D eigenvalue weighted by Gasteiger charge is 2.23. The Morgan fingerprint density at radius 2 is 1.81 bits per heavy atom. The van der Waals surface area contributed by atoms with Crippen molar-refractivity contribution in [1.82, 2.24) is 19.3 Å². The number of anilines is 1. The largest absolute Gasteiger partial charge is 0.324 e. The summed E-state index contributed by atoms with van der Waals surface area (Å²) in [5.74, 6) is -0.508. The molecule has 10 heteroatoms. The Balaban J connectivity index is 1.91. The normalized spacial score (nSPS) is 11.8. The Bertz CT molecular complexity index is 1300. The second-order valence-electron chi connectivity index (χ2n) is 7.12. The van der Waals surface area contributed by atoms with Gasteiger partial charge in [0.15, 0.2) is 0 Å². The van der Waals surface area contributed by atoms with E-state index in [0.717, 1.165) is 15.8 Å². The van der Waals surface area contributed by atoms with E-state index in [1.54, 1.807) is 58.0 Å². The number of hydrogen-bond donors (Lipinski definition) is 1. The van der Waals surface area contributed by atoms with E-state index < -0.39 is 21.5 Å². The molecule has 9 nitrogen and oxygen atoms in total. The van der Waals surface area contributed by atoms with Crippen LogP contribution in [0, 0.1) is 13.8 Å². The van der Waals surface area contributed by atoms with Gasteiger partial charge >= 0.3 is 0 Å². The molecule has 1 aromatic heterocycles. The number of nitrogens with one attached hydrogen (secondary N) is 1. The van der Waals surface area contributed by atoms with Crippen molar-refractivity contribution in [2.45, 2.75) is 39.1 Å². The van der Waals surface area contributed by atoms with Gasteiger partial charge in [0, 0.05) is 18.8 Å². The molecular formula is C21H25N5O4S. The van der Waals surface area contributed by atoms with Gasteiger partial charge in [0.1, 0.15) is 12.1 Å². The van der Waals surface area contributed by atoms with Gasteiger partial charge in [0.25, 0.3) is 5.56 Å². The second-order valence-corrected chi connectivity index (χ2v) is 9.06. The molecule has 0 aliphatic heterocycles. The summed E-state index contributed by atoms with van der Waals surface area (Å²) in [6.45, 7) is 7.46. The van der Waals surface area contributed by atoms with Crippen molar-refractivity contribution in [2.24, 2.45) is 0 Å². The molecule has 0 unspecified atom stereocenters. The molecule has 1 N–H and O–H groups in total. The minimum atomic E-state index is -3.68. The zero-order valence-electron chi connectivity index (χ0n) is 17.9. The van der Waals surface area contributed by atoms with Gasteiger partial charge in [-0.1, -0.05) is 31.2 Å². The van der Waals surface area contributed by atoms with Crippen molar-refractivity contribution < 1.29 is 13.2 Å². The van der Waals surface area contributed by atoms with Crippen molar-refractivity contribution in [3.63, 3.8) is 0 Å². The molecular weight excluding hydrogens is 418 g/mol. The Hall–Kier alpha value is -3.11. The highest BCUT2D eigenvalue weighted by atomic mass is 32.2. The molecule has 3 aromatic rings. The van der Waals surface area contributed by atoms with E-state index in [1.165, 1.54) is 10.4 Å². The van der Waals surface area contributed by atoms with Gasteiger partial charge in [-0.2, -0.15) is 4.31 Å². The van der Waals surface area contributed by atoms with Crippen molar-refractivity contribution in [3.05, 3.63) is 57.9 Å². The Labute approximate surface area is 180 Å². The number of aromatic nitrogens is 3. The Morgan fingerprint density at radius 1 is 1.13 bits per heavy atom. The predicted octanol–water partition coefficient (Wildman–Crippen LogP) is 2.08. The molecule has 3 rings (SSSR count). The van der Waals surface area contributed by atoms with Crippen LogP contribution in [-0.2, 0) is 21.4 Å². The molecule has 1 heterocycles. The number of benzene rings is 2. The van der Waals surface area contributed by atoms with Crippen LogP contribution in [0.2, 0.25) is 0 Å². The number of rotatable bonds is 7. The Morgan fingerprint density at radius 3 is 2.48 bits per heavy atom. The van der Waals surface area contributed by atoms with Crippen LogP contribution >= 0.6 is 0 Å². The van der Waals surface area contributed by atoms with Crippen LogP contribution < -0.4 is 10.9 Å². The molecule has 0 aliphatic rings. The van der Waals surface area contributed by atoms with Gasteiger partial charge in [-0.25, -0.2) is 13.1 Å². The van der Waals surface area contributed by atoms with Gasteiger partial charge in [-0.3, -0.25) is 9.59 Å². The van der Waals surface area contributed by atoms with E-state index in [1.807, 2.05) is 0 Å². The standard InChI is InChI=1S/C21H25N5O4S/c1-5-25(6-2)31(29,30)16-11-14(3)15(4)19(12-16)22-20(27)13-26-21(28)17-9-7-8-10-18(17)23-24-26/h7-12H,5-6,13H2,1-4H3,(H,22,27). The van der Waals surface area contributed by atoms with Crippen LogP contribution in [0.15, 0.2) is 46.1 Å². The third-order valence-corrected chi connectivity index (χ3v) is 7.21. The van der Waals surface area contributed by atoms with E-state index >= 15 is 0 Å². The molecule has 164 valence electrons. The smallest absolute Gasteiger partial charge is 0.278 e. The lowest BCUT2D eigenvalue weighted by atomic mass is 10.1. The monoisotopic (exact) mass is 443 g/mol. The van der Waals surface area contributed by atoms with Gasteiger partial charge < -0.3 is 5.32 Å². The summed E-state index contributed by atoms with van der Waals surface area (Å²) in [6.07, 6.45) is 0. The van der Waals surface area contributed by atoms with E-state index in [2.05, 4.69) is 15.6 Å². The SMILES string of the molecule is CCN(CC)S(=O)(=O)c1cc(C)c(C)c(NC(=O)Cn2nnc3ccccc3c2=O)c1. The first kappa shape index (κ1) is 22.6. The predicted molar refractivity (Wildman–Crippen MR) is 118 cm³/mol. The lowest BCUT2D eigenvalue weighted by molar-refractivity contribution is -0.117. The fourth-order valence-electron chi connectivity index (χ4n) is 3.27. The van der Waals surface area contributed by atoms with Crippen LogP contribution in [0.5, 0.6) is 0 Å². The quantitative estimate of drug-likeness (QED) is 0.598. The third kappa shape index (κ3) is 4.49. The fraction of sp³-hybridized carbons (Fsp3) is 0.333. The summed E-state index contributed by atoms with van der Waals surface area (Å²) >= 11 is 0. The summed E-state index contributed by atoms with van der Waals surface area (Å²) in [7, 11) is -3.68. The van der Waals surface area contributed by atoms with Crippen LogP contribution in [0.1, 0.15) is 25.0 Å². The van der Waals surface area contributed by atoms with E-state index in [4.69, 9.17) is 0 Å². The molecule has 1 amide bonds. The minimum Gasteiger partial charge on any atom is -0.324 e. The van der Waals surface area contributed by atoms with Crippen molar-refractivity contribution in [3.8, 4) is 0 Å². The van der Waals surface area contributed by atoms with Gasteiger partial charge in [0.2, 0.25) is 15.9 Å². The molecule has 0 bridgehead atoms. The number of aryl methyl sites for hydroxylation is 1. The molecule has 2 aromatic carbocycles. The zero-order valence-corrected chi connectivity index (χ0v) is 18.7. The molecule has 0 saturated heterocycles. The number of fused-ring (bicyclic) bond motifs is 1. The van der Waals surface area contributed by atoms with E-state index in [0.29, 0.717) is 29.7 Å². The number of nitrogens with zero attached hydrogens (tertiary/aromatic N) is 4. The number of carbonyl (C=O) groups excluding carboxylic acids is 1. The van der Waals surface area contributed by atoms with Crippen molar-refractivity contribution in [2.75, 3.05) is 18.4 Å². The first-order chi connectivity index (χ1) is 14.7. The number of carbonyl (C=O) groups is 1. The summed E-state index contributed by atoms with van der Waals surface area (Å²) in [5.41, 5.74) is 1.86. The van der Waals surface area contributed by atoms with Crippen LogP contribution in [-0.4, -0.2) is 46.7 Å². The highest BCUT2D eigenvalue weighted by Crippen LogP contribution is 2.26. The second kappa shape index (κ2) is 8.94. The van der Waals surface area contributed by atoms with Crippen molar-refractivity contribution >= 4 is 32.5 Å². The van der Waals surface area contributed by atoms with Crippen LogP contribution in [0.3, 0.4) is 0 Å². The molecule has 31 heavy (non-hydrogen) atoms. The fourth-order valence-corrected chi connectivity index (χ4v) is 4.84. The lowest BCUT2D eigenvalue weighted by Crippen LogP contribution is -2.31. The van der Waals surface area contributed by atoms with Gasteiger partial charge in [-0.05, 0) is 49.2 Å². The average molecular weight is 444 g/mol. The minimum absolute atomic E-state index is 0.109. The molecule has 0 fully saturated rings. The first-order valence-corrected chi connectivity index (χ1v) is 11.4. The number of sulfonamides is 1. The number of hydrogen-bond acceptors (Lipinski definition) is 6. The zero-order chi connectivity index (χ0) is 22.8. The first-order valence-electron chi connectivity index (χ1n) is 9.92. The maximum Gasteiger partial charge on any atom is 0.278 e. The summed E-state index contributed by atoms with van der Waals surface area (Å²) in [6, 6.07) is 9.79. The maximum atomic E-state index is 12.9. The molecule has 0 spiro atoms. The van der Waals surface area contributed by atoms with Gasteiger partial charge in [-0.15, -0.1) is 5.10 Å². The number of amides is 1. The van der Waals surface area contributed by atoms with Gasteiger partial charge in [0.05, 0.1) is 10.3 Å². The van der Waals surface area contributed by atoms with Crippen molar-refractivity contribution in [1.29, 1.82) is 0 Å². The molecule has 0 atom stereocenters. The maximum absolute atomic E-state index is 12.9. The average Bonchev–Trinajstić information content (AvgIpc) is 2.74. The van der Waals surface area contributed by atoms with E-state index in [-0.39, 0.29) is 11.4 Å². The third-order valence-electron chi connectivity index (χ3n) is 5.18. The summed E-state index contributed by atoms with van der Waals surface area (Å²) < 4.78 is 28.1. The van der Waals surface area contributed by atoms with E-state index in [9.17, 15) is 18.0 Å². The molecule has 0 radical (unpaired) electrons. The Kier molecular flexibility index (Phi) is 6.51. The molecule has 0 saturated carbocycles. The summed E-state index contributed by atoms with van der Waals surface area (Å²) in [4.78, 5) is 25.3. The van der Waals surface area contributed by atoms with Crippen LogP contribution in [0.25, 0.3) is 10.9 Å². The lowest BCUT2D eigenvalue weighted by Gasteiger charge is -2.20. The topological polar surface area (TPSA) is 114 Å².